The predicted octanol–water partition coefficient (Wildman–Crippen LogP) is 0.722. The zero-order valence-electron chi connectivity index (χ0n) is 16.7. The van der Waals surface area contributed by atoms with Gasteiger partial charge in [0.25, 0.3) is 17.2 Å². The van der Waals surface area contributed by atoms with E-state index in [2.05, 4.69) is 20.1 Å². The molecule has 0 saturated heterocycles. The van der Waals surface area contributed by atoms with Crippen LogP contribution in [0.15, 0.2) is 21.9 Å². The zero-order chi connectivity index (χ0) is 21.1. The van der Waals surface area contributed by atoms with Crippen LogP contribution in [-0.2, 0) is 6.54 Å². The van der Waals surface area contributed by atoms with E-state index in [9.17, 15) is 14.4 Å². The minimum Gasteiger partial charge on any atom is -0.383 e. The van der Waals surface area contributed by atoms with Gasteiger partial charge in [-0.1, -0.05) is 20.3 Å². The molecule has 0 spiro atoms. The molecule has 29 heavy (non-hydrogen) atoms. The molecule has 0 saturated carbocycles. The molecule has 3 heterocycles. The molecular formula is C18H24N8O3. The van der Waals surface area contributed by atoms with Crippen molar-refractivity contribution in [3.8, 4) is 0 Å². The Morgan fingerprint density at radius 3 is 2.69 bits per heavy atom. The summed E-state index contributed by atoms with van der Waals surface area (Å²) in [6, 6.07) is 1.74. The van der Waals surface area contributed by atoms with Gasteiger partial charge in [-0.05, 0) is 25.8 Å². The first kappa shape index (κ1) is 20.2. The lowest BCUT2D eigenvalue weighted by atomic mass is 10.2. The van der Waals surface area contributed by atoms with Crippen molar-refractivity contribution in [2.24, 2.45) is 0 Å². The quantitative estimate of drug-likeness (QED) is 0.594. The molecule has 0 aliphatic heterocycles. The number of H-pyrrole nitrogens is 1. The summed E-state index contributed by atoms with van der Waals surface area (Å²) in [7, 11) is 0. The van der Waals surface area contributed by atoms with Gasteiger partial charge in [-0.2, -0.15) is 4.98 Å². The first-order valence-electron chi connectivity index (χ1n) is 9.51. The van der Waals surface area contributed by atoms with Crippen molar-refractivity contribution >= 4 is 23.2 Å². The van der Waals surface area contributed by atoms with Crippen LogP contribution in [0.4, 0.5) is 11.5 Å². The Hall–Kier alpha value is -3.50. The Labute approximate surface area is 166 Å². The lowest BCUT2D eigenvalue weighted by Gasteiger charge is -2.23. The second-order valence-electron chi connectivity index (χ2n) is 6.69. The van der Waals surface area contributed by atoms with Gasteiger partial charge in [0, 0.05) is 25.0 Å². The van der Waals surface area contributed by atoms with E-state index in [0.29, 0.717) is 19.4 Å². The summed E-state index contributed by atoms with van der Waals surface area (Å²) < 4.78 is 2.71. The number of nitrogens with one attached hydrogen (secondary N) is 1. The van der Waals surface area contributed by atoms with E-state index in [1.54, 1.807) is 12.3 Å². The van der Waals surface area contributed by atoms with Gasteiger partial charge in [0.2, 0.25) is 5.82 Å². The first-order valence-corrected chi connectivity index (χ1v) is 9.51. The summed E-state index contributed by atoms with van der Waals surface area (Å²) in [6.45, 7) is 6.21. The van der Waals surface area contributed by atoms with Crippen LogP contribution in [-0.4, -0.2) is 41.6 Å². The summed E-state index contributed by atoms with van der Waals surface area (Å²) in [6.07, 6.45) is 3.63. The van der Waals surface area contributed by atoms with E-state index in [4.69, 9.17) is 5.73 Å². The Balaban J connectivity index is 2.14. The number of rotatable bonds is 7. The van der Waals surface area contributed by atoms with Crippen LogP contribution in [0.2, 0.25) is 0 Å². The maximum atomic E-state index is 13.3. The molecule has 3 rings (SSSR count). The van der Waals surface area contributed by atoms with E-state index in [-0.39, 0.29) is 29.7 Å². The molecule has 11 nitrogen and oxygen atoms in total. The van der Waals surface area contributed by atoms with Crippen molar-refractivity contribution in [3.05, 3.63) is 44.6 Å². The van der Waals surface area contributed by atoms with Crippen molar-refractivity contribution in [1.29, 1.82) is 0 Å². The Morgan fingerprint density at radius 1 is 1.28 bits per heavy atom. The minimum atomic E-state index is -0.720. The molecule has 0 aliphatic rings. The van der Waals surface area contributed by atoms with Crippen LogP contribution in [0.25, 0.3) is 5.78 Å². The predicted molar refractivity (Wildman–Crippen MR) is 108 cm³/mol. The van der Waals surface area contributed by atoms with Gasteiger partial charge in [-0.3, -0.25) is 24.0 Å². The van der Waals surface area contributed by atoms with Crippen LogP contribution in [0.1, 0.15) is 49.4 Å². The summed E-state index contributed by atoms with van der Waals surface area (Å²) in [5, 5.41) is 4.23. The summed E-state index contributed by atoms with van der Waals surface area (Å²) in [5.41, 5.74) is 5.51. The van der Waals surface area contributed by atoms with Gasteiger partial charge in [-0.15, -0.1) is 5.10 Å². The average Bonchev–Trinajstić information content (AvgIpc) is 3.13. The standard InChI is InChI=1S/C18H24N8O3/c1-4-6-10-24(12-13(19)25(9-5-2)18(29)22-15(12)27)16(28)14-21-17-20-8-7-11(3)26(17)23-14/h7-8H,4-6,9-10,19H2,1-3H3,(H,22,27,29). The average molecular weight is 400 g/mol. The Bertz CT molecular complexity index is 1160. The normalized spacial score (nSPS) is 11.1. The smallest absolute Gasteiger partial charge is 0.330 e. The number of carbonyl (C=O) groups is 1. The number of carbonyl (C=O) groups excluding carboxylic acids is 1. The molecule has 11 heteroatoms. The highest BCUT2D eigenvalue weighted by molar-refractivity contribution is 6.05. The van der Waals surface area contributed by atoms with Crippen LogP contribution in [0, 0.1) is 6.92 Å². The Kier molecular flexibility index (Phi) is 5.76. The molecule has 0 unspecified atom stereocenters. The fraction of sp³-hybridized carbons (Fsp3) is 0.444. The van der Waals surface area contributed by atoms with Crippen molar-refractivity contribution in [2.45, 2.75) is 46.6 Å². The zero-order valence-corrected chi connectivity index (χ0v) is 16.7. The molecule has 3 aromatic heterocycles. The Morgan fingerprint density at radius 2 is 2.03 bits per heavy atom. The second-order valence-corrected chi connectivity index (χ2v) is 6.69. The topological polar surface area (TPSA) is 144 Å². The molecule has 0 bridgehead atoms. The number of aromatic nitrogens is 6. The molecule has 3 N–H and O–H groups in total. The van der Waals surface area contributed by atoms with Crippen molar-refractivity contribution in [3.63, 3.8) is 0 Å². The number of hydrogen-bond donors (Lipinski definition) is 2. The van der Waals surface area contributed by atoms with E-state index in [0.717, 1.165) is 12.1 Å². The highest BCUT2D eigenvalue weighted by Crippen LogP contribution is 2.20. The number of nitrogens with zero attached hydrogens (tertiary/aromatic N) is 6. The number of nitrogen functional groups attached to an aromatic ring is 1. The lowest BCUT2D eigenvalue weighted by molar-refractivity contribution is 0.0976. The molecule has 0 atom stereocenters. The summed E-state index contributed by atoms with van der Waals surface area (Å²) in [4.78, 5) is 49.8. The number of fused-ring (bicyclic) bond motifs is 1. The molecule has 0 fully saturated rings. The fourth-order valence-corrected chi connectivity index (χ4v) is 3.03. The number of aryl methyl sites for hydroxylation is 1. The van der Waals surface area contributed by atoms with Gasteiger partial charge in [0.05, 0.1) is 0 Å². The third kappa shape index (κ3) is 3.75. The van der Waals surface area contributed by atoms with Crippen molar-refractivity contribution < 1.29 is 4.79 Å². The summed E-state index contributed by atoms with van der Waals surface area (Å²) >= 11 is 0. The molecular weight excluding hydrogens is 376 g/mol. The molecule has 1 amide bonds. The number of anilines is 2. The number of nitrogens with two attached hydrogens (primary N) is 1. The lowest BCUT2D eigenvalue weighted by Crippen LogP contribution is -2.42. The van der Waals surface area contributed by atoms with E-state index < -0.39 is 17.2 Å². The van der Waals surface area contributed by atoms with Crippen molar-refractivity contribution in [1.82, 2.24) is 29.1 Å². The maximum absolute atomic E-state index is 13.3. The number of aromatic amines is 1. The summed E-state index contributed by atoms with van der Waals surface area (Å²) in [5.74, 6) is -0.457. The van der Waals surface area contributed by atoms with Crippen LogP contribution < -0.4 is 21.9 Å². The van der Waals surface area contributed by atoms with Crippen molar-refractivity contribution in [2.75, 3.05) is 17.2 Å². The van der Waals surface area contributed by atoms with Gasteiger partial charge in [-0.25, -0.2) is 14.3 Å². The first-order chi connectivity index (χ1) is 13.9. The fourth-order valence-electron chi connectivity index (χ4n) is 3.03. The highest BCUT2D eigenvalue weighted by Gasteiger charge is 2.28. The molecule has 154 valence electrons. The SMILES string of the molecule is CCCCN(C(=O)c1nc2nccc(C)n2n1)c1c(N)n(CCC)c(=O)[nH]c1=O. The number of hydrogen-bond acceptors (Lipinski definition) is 7. The van der Waals surface area contributed by atoms with Gasteiger partial charge >= 0.3 is 5.69 Å². The van der Waals surface area contributed by atoms with E-state index in [1.165, 1.54) is 14.0 Å². The van der Waals surface area contributed by atoms with E-state index >= 15 is 0 Å². The molecule has 0 aromatic carbocycles. The minimum absolute atomic E-state index is 0.0527. The van der Waals surface area contributed by atoms with Crippen LogP contribution in [0.3, 0.4) is 0 Å². The van der Waals surface area contributed by atoms with Gasteiger partial charge in [0.1, 0.15) is 5.82 Å². The number of amides is 1. The molecule has 3 aromatic rings. The van der Waals surface area contributed by atoms with Gasteiger partial charge in [0.15, 0.2) is 5.69 Å². The third-order valence-corrected chi connectivity index (χ3v) is 4.53. The van der Waals surface area contributed by atoms with Crippen LogP contribution >= 0.6 is 0 Å². The second kappa shape index (κ2) is 8.25. The number of unbranched alkanes of at least 4 members (excludes halogenated alkanes) is 1. The molecule has 0 aliphatic carbocycles. The highest BCUT2D eigenvalue weighted by atomic mass is 16.2. The van der Waals surface area contributed by atoms with Gasteiger partial charge < -0.3 is 5.73 Å². The maximum Gasteiger partial charge on any atom is 0.330 e. The van der Waals surface area contributed by atoms with Crippen LogP contribution in [0.5, 0.6) is 0 Å². The third-order valence-electron chi connectivity index (χ3n) is 4.53. The molecule has 0 radical (unpaired) electrons. The largest absolute Gasteiger partial charge is 0.383 e. The van der Waals surface area contributed by atoms with E-state index in [1.807, 2.05) is 20.8 Å². The monoisotopic (exact) mass is 400 g/mol.